The molecule has 4 heteroatoms. The van der Waals surface area contributed by atoms with Crippen molar-refractivity contribution in [2.45, 2.75) is 12.0 Å². The SMILES string of the molecule is NCC(O)(Cc1cc(F)cc(F)c1)c1ccccc1. The van der Waals surface area contributed by atoms with Gasteiger partial charge in [-0.05, 0) is 23.3 Å². The summed E-state index contributed by atoms with van der Waals surface area (Å²) >= 11 is 0. The fourth-order valence-corrected chi connectivity index (χ4v) is 2.09. The fourth-order valence-electron chi connectivity index (χ4n) is 2.09. The molecule has 0 radical (unpaired) electrons. The Hall–Kier alpha value is -1.78. The van der Waals surface area contributed by atoms with E-state index in [1.54, 1.807) is 24.3 Å². The molecule has 0 amide bonds. The highest BCUT2D eigenvalue weighted by Gasteiger charge is 2.28. The second kappa shape index (κ2) is 5.47. The summed E-state index contributed by atoms with van der Waals surface area (Å²) in [6.45, 7) is -0.0326. The van der Waals surface area contributed by atoms with Crippen molar-refractivity contribution in [3.63, 3.8) is 0 Å². The van der Waals surface area contributed by atoms with Crippen LogP contribution < -0.4 is 5.73 Å². The van der Waals surface area contributed by atoms with Crippen LogP contribution >= 0.6 is 0 Å². The number of aliphatic hydroxyl groups is 1. The van der Waals surface area contributed by atoms with Gasteiger partial charge in [-0.1, -0.05) is 30.3 Å². The highest BCUT2D eigenvalue weighted by Crippen LogP contribution is 2.25. The minimum absolute atomic E-state index is 0.0326. The van der Waals surface area contributed by atoms with E-state index in [-0.39, 0.29) is 13.0 Å². The molecule has 0 heterocycles. The van der Waals surface area contributed by atoms with Gasteiger partial charge in [-0.25, -0.2) is 8.78 Å². The topological polar surface area (TPSA) is 46.2 Å². The second-order valence-electron chi connectivity index (χ2n) is 4.56. The normalized spacial score (nSPS) is 14.1. The van der Waals surface area contributed by atoms with Gasteiger partial charge in [0.05, 0.1) is 0 Å². The van der Waals surface area contributed by atoms with Crippen molar-refractivity contribution >= 4 is 0 Å². The smallest absolute Gasteiger partial charge is 0.126 e. The summed E-state index contributed by atoms with van der Waals surface area (Å²) < 4.78 is 26.3. The third-order valence-corrected chi connectivity index (χ3v) is 3.07. The molecule has 2 nitrogen and oxygen atoms in total. The van der Waals surface area contributed by atoms with Crippen LogP contribution in [0.4, 0.5) is 8.78 Å². The van der Waals surface area contributed by atoms with Crippen LogP contribution in [0.1, 0.15) is 11.1 Å². The van der Waals surface area contributed by atoms with Gasteiger partial charge in [0.1, 0.15) is 17.2 Å². The number of hydrogen-bond acceptors (Lipinski definition) is 2. The van der Waals surface area contributed by atoms with Gasteiger partial charge in [0.25, 0.3) is 0 Å². The lowest BCUT2D eigenvalue weighted by molar-refractivity contribution is 0.0461. The largest absolute Gasteiger partial charge is 0.383 e. The molecular formula is C15H15F2NO. The molecule has 100 valence electrons. The van der Waals surface area contributed by atoms with E-state index in [0.29, 0.717) is 11.1 Å². The number of nitrogens with two attached hydrogens (primary N) is 1. The monoisotopic (exact) mass is 263 g/mol. The number of halogens is 2. The lowest BCUT2D eigenvalue weighted by Gasteiger charge is -2.27. The van der Waals surface area contributed by atoms with Crippen LogP contribution in [-0.2, 0) is 12.0 Å². The highest BCUT2D eigenvalue weighted by molar-refractivity contribution is 5.28. The van der Waals surface area contributed by atoms with Crippen molar-refractivity contribution in [1.82, 2.24) is 0 Å². The van der Waals surface area contributed by atoms with Crippen LogP contribution in [0, 0.1) is 11.6 Å². The molecule has 0 aliphatic rings. The Morgan fingerprint density at radius 1 is 1.00 bits per heavy atom. The van der Waals surface area contributed by atoms with E-state index in [2.05, 4.69) is 0 Å². The van der Waals surface area contributed by atoms with E-state index in [4.69, 9.17) is 5.73 Å². The molecule has 0 saturated carbocycles. The maximum absolute atomic E-state index is 13.2. The summed E-state index contributed by atoms with van der Waals surface area (Å²) in [7, 11) is 0. The zero-order valence-corrected chi connectivity index (χ0v) is 10.3. The van der Waals surface area contributed by atoms with E-state index < -0.39 is 17.2 Å². The first-order valence-corrected chi connectivity index (χ1v) is 5.96. The molecule has 0 aliphatic carbocycles. The Bertz CT molecular complexity index is 539. The zero-order valence-electron chi connectivity index (χ0n) is 10.3. The predicted octanol–water partition coefficient (Wildman–Crippen LogP) is 2.35. The Labute approximate surface area is 110 Å². The minimum Gasteiger partial charge on any atom is -0.383 e. The van der Waals surface area contributed by atoms with Gasteiger partial charge in [-0.15, -0.1) is 0 Å². The van der Waals surface area contributed by atoms with Crippen LogP contribution in [0.5, 0.6) is 0 Å². The van der Waals surface area contributed by atoms with Crippen molar-refractivity contribution < 1.29 is 13.9 Å². The van der Waals surface area contributed by atoms with Gasteiger partial charge in [0, 0.05) is 19.0 Å². The van der Waals surface area contributed by atoms with Crippen molar-refractivity contribution in [1.29, 1.82) is 0 Å². The third kappa shape index (κ3) is 3.16. The van der Waals surface area contributed by atoms with E-state index in [9.17, 15) is 13.9 Å². The molecule has 3 N–H and O–H groups in total. The molecule has 0 bridgehead atoms. The summed E-state index contributed by atoms with van der Waals surface area (Å²) in [5.41, 5.74) is 5.29. The number of benzene rings is 2. The molecular weight excluding hydrogens is 248 g/mol. The first-order chi connectivity index (χ1) is 9.03. The molecule has 19 heavy (non-hydrogen) atoms. The van der Waals surface area contributed by atoms with E-state index >= 15 is 0 Å². The van der Waals surface area contributed by atoms with Crippen LogP contribution in [-0.4, -0.2) is 11.7 Å². The second-order valence-corrected chi connectivity index (χ2v) is 4.56. The van der Waals surface area contributed by atoms with Crippen LogP contribution in [0.2, 0.25) is 0 Å². The summed E-state index contributed by atoms with van der Waals surface area (Å²) in [6.07, 6.45) is 0.0577. The molecule has 2 rings (SSSR count). The lowest BCUT2D eigenvalue weighted by Crippen LogP contribution is -2.37. The first kappa shape index (κ1) is 13.6. The maximum Gasteiger partial charge on any atom is 0.126 e. The summed E-state index contributed by atoms with van der Waals surface area (Å²) in [6, 6.07) is 12.1. The van der Waals surface area contributed by atoms with Gasteiger partial charge >= 0.3 is 0 Å². The van der Waals surface area contributed by atoms with Gasteiger partial charge in [0.15, 0.2) is 0 Å². The summed E-state index contributed by atoms with van der Waals surface area (Å²) in [4.78, 5) is 0. The Kier molecular flexibility index (Phi) is 3.93. The van der Waals surface area contributed by atoms with E-state index in [1.807, 2.05) is 6.07 Å². The minimum atomic E-state index is -1.33. The third-order valence-electron chi connectivity index (χ3n) is 3.07. The molecule has 2 aromatic rings. The van der Waals surface area contributed by atoms with E-state index in [0.717, 1.165) is 6.07 Å². The van der Waals surface area contributed by atoms with Crippen LogP contribution in [0.3, 0.4) is 0 Å². The van der Waals surface area contributed by atoms with Gasteiger partial charge in [-0.2, -0.15) is 0 Å². The van der Waals surface area contributed by atoms with Crippen molar-refractivity contribution in [2.24, 2.45) is 5.73 Å². The average Bonchev–Trinajstić information content (AvgIpc) is 2.38. The molecule has 2 aromatic carbocycles. The molecule has 1 unspecified atom stereocenters. The van der Waals surface area contributed by atoms with Crippen molar-refractivity contribution in [3.05, 3.63) is 71.3 Å². The highest BCUT2D eigenvalue weighted by atomic mass is 19.1. The predicted molar refractivity (Wildman–Crippen MR) is 69.5 cm³/mol. The zero-order chi connectivity index (χ0) is 13.9. The maximum atomic E-state index is 13.2. The van der Waals surface area contributed by atoms with Gasteiger partial charge < -0.3 is 10.8 Å². The first-order valence-electron chi connectivity index (χ1n) is 5.96. The van der Waals surface area contributed by atoms with Crippen LogP contribution in [0.15, 0.2) is 48.5 Å². The Balaban J connectivity index is 2.33. The van der Waals surface area contributed by atoms with Crippen molar-refractivity contribution in [3.8, 4) is 0 Å². The summed E-state index contributed by atoms with van der Waals surface area (Å²) in [5.74, 6) is -1.33. The van der Waals surface area contributed by atoms with Crippen molar-refractivity contribution in [2.75, 3.05) is 6.54 Å². The molecule has 0 aliphatic heterocycles. The molecule has 0 saturated heterocycles. The lowest BCUT2D eigenvalue weighted by atomic mass is 9.87. The number of hydrogen-bond donors (Lipinski definition) is 2. The fraction of sp³-hybridized carbons (Fsp3) is 0.200. The molecule has 0 spiro atoms. The van der Waals surface area contributed by atoms with Gasteiger partial charge in [0.2, 0.25) is 0 Å². The molecule has 1 atom stereocenters. The Morgan fingerprint density at radius 3 is 2.11 bits per heavy atom. The van der Waals surface area contributed by atoms with E-state index in [1.165, 1.54) is 12.1 Å². The molecule has 0 aromatic heterocycles. The molecule has 0 fully saturated rings. The Morgan fingerprint density at radius 2 is 1.58 bits per heavy atom. The average molecular weight is 263 g/mol. The standard InChI is InChI=1S/C15H15F2NO/c16-13-6-11(7-14(17)8-13)9-15(19,10-18)12-4-2-1-3-5-12/h1-8,19H,9-10,18H2. The number of rotatable bonds is 4. The van der Waals surface area contributed by atoms with Gasteiger partial charge in [-0.3, -0.25) is 0 Å². The quantitative estimate of drug-likeness (QED) is 0.889. The van der Waals surface area contributed by atoms with Crippen LogP contribution in [0.25, 0.3) is 0 Å². The summed E-state index contributed by atoms with van der Waals surface area (Å²) in [5, 5.41) is 10.6.